The van der Waals surface area contributed by atoms with Gasteiger partial charge in [-0.15, -0.1) is 0 Å². The van der Waals surface area contributed by atoms with Crippen LogP contribution in [0, 0.1) is 0 Å². The zero-order valence-corrected chi connectivity index (χ0v) is 10.7. The van der Waals surface area contributed by atoms with Gasteiger partial charge in [-0.3, -0.25) is 4.79 Å². The maximum absolute atomic E-state index is 12.0. The van der Waals surface area contributed by atoms with Gasteiger partial charge in [-0.2, -0.15) is 11.8 Å². The Balaban J connectivity index is 2.15. The van der Waals surface area contributed by atoms with Gasteiger partial charge >= 0.3 is 5.97 Å². The Kier molecular flexibility index (Phi) is 3.91. The first-order valence-electron chi connectivity index (χ1n) is 5.83. The van der Waals surface area contributed by atoms with E-state index in [0.29, 0.717) is 18.4 Å². The largest absolute Gasteiger partial charge is 0.480 e. The molecule has 1 aromatic rings. The zero-order valence-electron chi connectivity index (χ0n) is 9.89. The molecule has 0 aromatic heterocycles. The van der Waals surface area contributed by atoms with Crippen LogP contribution in [-0.4, -0.2) is 34.0 Å². The van der Waals surface area contributed by atoms with Crippen LogP contribution in [0.25, 0.3) is 0 Å². The number of rotatable bonds is 3. The molecule has 0 atom stereocenters. The van der Waals surface area contributed by atoms with Crippen molar-refractivity contribution < 1.29 is 14.7 Å². The summed E-state index contributed by atoms with van der Waals surface area (Å²) in [6.45, 7) is 0. The maximum Gasteiger partial charge on any atom is 0.329 e. The van der Waals surface area contributed by atoms with Gasteiger partial charge in [0.2, 0.25) is 0 Å². The van der Waals surface area contributed by atoms with Crippen LogP contribution < -0.4 is 5.32 Å². The van der Waals surface area contributed by atoms with Gasteiger partial charge in [0.25, 0.3) is 5.91 Å². The highest BCUT2D eigenvalue weighted by Crippen LogP contribution is 2.27. The molecule has 1 heterocycles. The number of hydrogen-bond acceptors (Lipinski definition) is 3. The molecule has 0 bridgehead atoms. The quantitative estimate of drug-likeness (QED) is 0.874. The second kappa shape index (κ2) is 5.44. The fraction of sp³-hybridized carbons (Fsp3) is 0.385. The third-order valence-electron chi connectivity index (χ3n) is 3.14. The highest BCUT2D eigenvalue weighted by Gasteiger charge is 2.41. The molecule has 1 aliphatic heterocycles. The van der Waals surface area contributed by atoms with Crippen LogP contribution in [0.15, 0.2) is 30.3 Å². The summed E-state index contributed by atoms with van der Waals surface area (Å²) in [6, 6.07) is 8.71. The minimum absolute atomic E-state index is 0.315. The van der Waals surface area contributed by atoms with Gasteiger partial charge in [0, 0.05) is 5.56 Å². The second-order valence-electron chi connectivity index (χ2n) is 4.32. The molecule has 2 rings (SSSR count). The molecule has 0 aliphatic carbocycles. The predicted molar refractivity (Wildman–Crippen MR) is 70.8 cm³/mol. The molecule has 1 aliphatic rings. The monoisotopic (exact) mass is 265 g/mol. The van der Waals surface area contributed by atoms with E-state index in [4.69, 9.17) is 0 Å². The van der Waals surface area contributed by atoms with Gasteiger partial charge in [0.05, 0.1) is 0 Å². The van der Waals surface area contributed by atoms with Crippen LogP contribution in [0.1, 0.15) is 23.2 Å². The standard InChI is InChI=1S/C13H15NO3S/c15-11(10-4-2-1-3-5-10)14-13(12(16)17)6-8-18-9-7-13/h1-5H,6-9H2,(H,14,15)(H,16,17). The van der Waals surface area contributed by atoms with E-state index in [9.17, 15) is 14.7 Å². The average Bonchev–Trinajstić information content (AvgIpc) is 2.40. The summed E-state index contributed by atoms with van der Waals surface area (Å²) >= 11 is 1.72. The van der Waals surface area contributed by atoms with Crippen molar-refractivity contribution >= 4 is 23.6 Å². The predicted octanol–water partition coefficient (Wildman–Crippen LogP) is 1.77. The topological polar surface area (TPSA) is 66.4 Å². The smallest absolute Gasteiger partial charge is 0.329 e. The van der Waals surface area contributed by atoms with E-state index in [-0.39, 0.29) is 5.91 Å². The number of carboxylic acid groups (broad SMARTS) is 1. The minimum atomic E-state index is -1.10. The van der Waals surface area contributed by atoms with Crippen molar-refractivity contribution in [3.8, 4) is 0 Å². The molecule has 5 heteroatoms. The Bertz CT molecular complexity index is 441. The Labute approximate surface area is 110 Å². The number of benzene rings is 1. The number of nitrogens with one attached hydrogen (secondary N) is 1. The molecule has 18 heavy (non-hydrogen) atoms. The van der Waals surface area contributed by atoms with Gasteiger partial charge in [-0.1, -0.05) is 18.2 Å². The minimum Gasteiger partial charge on any atom is -0.480 e. The van der Waals surface area contributed by atoms with Crippen molar-refractivity contribution in [1.29, 1.82) is 0 Å². The van der Waals surface area contributed by atoms with Crippen molar-refractivity contribution in [2.45, 2.75) is 18.4 Å². The number of hydrogen-bond donors (Lipinski definition) is 2. The van der Waals surface area contributed by atoms with E-state index in [2.05, 4.69) is 5.32 Å². The number of carbonyl (C=O) groups is 2. The summed E-state index contributed by atoms with van der Waals surface area (Å²) in [6.07, 6.45) is 0.956. The highest BCUT2D eigenvalue weighted by molar-refractivity contribution is 7.99. The van der Waals surface area contributed by atoms with Gasteiger partial charge in [0.1, 0.15) is 5.54 Å². The summed E-state index contributed by atoms with van der Waals surface area (Å²) in [5.41, 5.74) is -0.602. The van der Waals surface area contributed by atoms with E-state index < -0.39 is 11.5 Å². The molecule has 96 valence electrons. The Morgan fingerprint density at radius 3 is 2.33 bits per heavy atom. The number of amides is 1. The number of carboxylic acids is 1. The van der Waals surface area contributed by atoms with Crippen LogP contribution in [0.4, 0.5) is 0 Å². The van der Waals surface area contributed by atoms with Crippen LogP contribution in [0.3, 0.4) is 0 Å². The van der Waals surface area contributed by atoms with Crippen molar-refractivity contribution in [2.75, 3.05) is 11.5 Å². The van der Waals surface area contributed by atoms with E-state index in [1.165, 1.54) is 0 Å². The number of aliphatic carboxylic acids is 1. The van der Waals surface area contributed by atoms with Gasteiger partial charge in [0.15, 0.2) is 0 Å². The molecule has 0 spiro atoms. The van der Waals surface area contributed by atoms with Crippen LogP contribution in [0.5, 0.6) is 0 Å². The Morgan fingerprint density at radius 2 is 1.78 bits per heavy atom. The van der Waals surface area contributed by atoms with E-state index >= 15 is 0 Å². The second-order valence-corrected chi connectivity index (χ2v) is 5.54. The lowest BCUT2D eigenvalue weighted by atomic mass is 9.92. The number of thioether (sulfide) groups is 1. The third-order valence-corrected chi connectivity index (χ3v) is 4.13. The molecule has 1 saturated heterocycles. The third kappa shape index (κ3) is 2.67. The lowest BCUT2D eigenvalue weighted by Crippen LogP contribution is -2.56. The molecule has 0 radical (unpaired) electrons. The lowest BCUT2D eigenvalue weighted by Gasteiger charge is -2.33. The summed E-state index contributed by atoms with van der Waals surface area (Å²) in [5.74, 6) is 0.278. The molecule has 0 unspecified atom stereocenters. The van der Waals surface area contributed by atoms with E-state index in [1.54, 1.807) is 36.0 Å². The first-order valence-corrected chi connectivity index (χ1v) is 6.98. The SMILES string of the molecule is O=C(NC1(C(=O)O)CCSCC1)c1ccccc1. The van der Waals surface area contributed by atoms with Crippen LogP contribution in [-0.2, 0) is 4.79 Å². The average molecular weight is 265 g/mol. The van der Waals surface area contributed by atoms with Crippen molar-refractivity contribution in [3.05, 3.63) is 35.9 Å². The highest BCUT2D eigenvalue weighted by atomic mass is 32.2. The first-order chi connectivity index (χ1) is 8.64. The van der Waals surface area contributed by atoms with Gasteiger partial charge < -0.3 is 10.4 Å². The van der Waals surface area contributed by atoms with Crippen molar-refractivity contribution in [3.63, 3.8) is 0 Å². The van der Waals surface area contributed by atoms with Crippen molar-refractivity contribution in [1.82, 2.24) is 5.32 Å². The molecular weight excluding hydrogens is 250 g/mol. The van der Waals surface area contributed by atoms with E-state index in [1.807, 2.05) is 6.07 Å². The molecule has 0 saturated carbocycles. The lowest BCUT2D eigenvalue weighted by molar-refractivity contribution is -0.144. The molecule has 1 fully saturated rings. The molecule has 2 N–H and O–H groups in total. The summed E-state index contributed by atoms with van der Waals surface area (Å²) < 4.78 is 0. The molecule has 1 aromatic carbocycles. The van der Waals surface area contributed by atoms with Gasteiger partial charge in [-0.05, 0) is 36.5 Å². The van der Waals surface area contributed by atoms with Crippen LogP contribution >= 0.6 is 11.8 Å². The summed E-state index contributed by atoms with van der Waals surface area (Å²) in [5, 5.41) is 12.1. The summed E-state index contributed by atoms with van der Waals surface area (Å²) in [7, 11) is 0. The summed E-state index contributed by atoms with van der Waals surface area (Å²) in [4.78, 5) is 23.5. The first kappa shape index (κ1) is 13.0. The molecule has 4 nitrogen and oxygen atoms in total. The normalized spacial score (nSPS) is 18.0. The van der Waals surface area contributed by atoms with E-state index in [0.717, 1.165) is 11.5 Å². The molecular formula is C13H15NO3S. The maximum atomic E-state index is 12.0. The molecule has 1 amide bonds. The zero-order chi connectivity index (χ0) is 13.0. The van der Waals surface area contributed by atoms with Crippen molar-refractivity contribution in [2.24, 2.45) is 0 Å². The fourth-order valence-electron chi connectivity index (χ4n) is 1.99. The Hall–Kier alpha value is -1.49. The fourth-order valence-corrected chi connectivity index (χ4v) is 3.18. The Morgan fingerprint density at radius 1 is 1.17 bits per heavy atom. The van der Waals surface area contributed by atoms with Crippen LogP contribution in [0.2, 0.25) is 0 Å². The number of carbonyl (C=O) groups excluding carboxylic acids is 1. The van der Waals surface area contributed by atoms with Gasteiger partial charge in [-0.25, -0.2) is 4.79 Å².